The Bertz CT molecular complexity index is 2170. The molecule has 0 radical (unpaired) electrons. The second-order valence-electron chi connectivity index (χ2n) is 14.1. The first-order chi connectivity index (χ1) is 25.5. The predicted octanol–water partition coefficient (Wildman–Crippen LogP) is 5.81. The summed E-state index contributed by atoms with van der Waals surface area (Å²) in [5.74, 6) is 5.58. The number of halogens is 3. The lowest BCUT2D eigenvalue weighted by Gasteiger charge is -2.35. The Hall–Kier alpha value is -6.08. The first-order valence-corrected chi connectivity index (χ1v) is 17.2. The number of nitrogens with one attached hydrogen (secondary N) is 2. The number of piperazine rings is 1. The topological polar surface area (TPSA) is 151 Å². The van der Waals surface area contributed by atoms with Crippen LogP contribution in [0.4, 0.5) is 45.8 Å². The summed E-state index contributed by atoms with van der Waals surface area (Å²) >= 11 is 0. The first-order valence-electron chi connectivity index (χ1n) is 17.2. The van der Waals surface area contributed by atoms with E-state index in [4.69, 9.17) is 10.5 Å². The number of urea groups is 1. The smallest absolute Gasteiger partial charge is 0.418 e. The Labute approximate surface area is 310 Å². The predicted molar refractivity (Wildman–Crippen MR) is 198 cm³/mol. The summed E-state index contributed by atoms with van der Waals surface area (Å²) in [5, 5.41) is 5.15. The molecule has 2 aromatic heterocycles. The molecule has 1 saturated heterocycles. The Morgan fingerprint density at radius 2 is 1.63 bits per heavy atom. The van der Waals surface area contributed by atoms with Crippen molar-refractivity contribution in [3.63, 3.8) is 0 Å². The summed E-state index contributed by atoms with van der Waals surface area (Å²) in [6.07, 6.45) is -3.47. The van der Waals surface area contributed by atoms with E-state index >= 15 is 0 Å². The van der Waals surface area contributed by atoms with E-state index in [0.717, 1.165) is 11.0 Å². The number of hydrogen-bond acceptors (Lipinski definition) is 9. The van der Waals surface area contributed by atoms with Gasteiger partial charge in [0.15, 0.2) is 0 Å². The van der Waals surface area contributed by atoms with E-state index in [1.165, 1.54) is 18.3 Å². The minimum absolute atomic E-state index is 0.00821. The van der Waals surface area contributed by atoms with Crippen molar-refractivity contribution in [2.75, 3.05) is 61.0 Å². The number of carbonyl (C=O) groups excluding carboxylic acids is 3. The van der Waals surface area contributed by atoms with Crippen LogP contribution in [0.15, 0.2) is 54.7 Å². The molecule has 282 valence electrons. The standard InChI is InChI=1S/C38H40F3N9O4/c1-37(2,3)54-36(53)50-14-13-29-27(33(50)51)21-31(48(29)5)32-24(22-43-34(42)46-32)10-9-23-7-6-8-25(19-23)44-35(52)45-26-11-12-30(28(20-26)38(39,40)41)49-17-15-47(4)16-18-49/h6-8,11-12,19-22H,13-18H2,1-5H3,(H2,42,43,46)(H2,44,45,52). The molecule has 0 aliphatic carbocycles. The van der Waals surface area contributed by atoms with Crippen molar-refractivity contribution in [1.82, 2.24) is 24.3 Å². The summed E-state index contributed by atoms with van der Waals surface area (Å²) in [4.78, 5) is 52.4. The molecule has 0 saturated carbocycles. The second-order valence-corrected chi connectivity index (χ2v) is 14.1. The molecule has 16 heteroatoms. The van der Waals surface area contributed by atoms with E-state index in [1.807, 2.05) is 11.6 Å². The van der Waals surface area contributed by atoms with Gasteiger partial charge in [-0.25, -0.2) is 24.5 Å². The molecular formula is C38H40F3N9O4. The Morgan fingerprint density at radius 3 is 2.31 bits per heavy atom. The molecule has 0 spiro atoms. The lowest BCUT2D eigenvalue weighted by atomic mass is 10.1. The highest BCUT2D eigenvalue weighted by atomic mass is 19.4. The molecule has 4 heterocycles. The van der Waals surface area contributed by atoms with E-state index in [-0.39, 0.29) is 23.9 Å². The van der Waals surface area contributed by atoms with Crippen LogP contribution in [-0.2, 0) is 24.4 Å². The minimum atomic E-state index is -4.62. The summed E-state index contributed by atoms with van der Waals surface area (Å²) < 4.78 is 49.5. The van der Waals surface area contributed by atoms with Crippen molar-refractivity contribution in [2.45, 2.75) is 39.0 Å². The molecule has 0 atom stereocenters. The van der Waals surface area contributed by atoms with Gasteiger partial charge in [0.2, 0.25) is 5.95 Å². The summed E-state index contributed by atoms with van der Waals surface area (Å²) in [5.41, 5.74) is 7.64. The van der Waals surface area contributed by atoms with Crippen LogP contribution in [0.2, 0.25) is 0 Å². The number of benzene rings is 2. The van der Waals surface area contributed by atoms with E-state index < -0.39 is 35.4 Å². The normalized spacial score (nSPS) is 14.9. The maximum atomic E-state index is 14.1. The van der Waals surface area contributed by atoms with Gasteiger partial charge >= 0.3 is 18.3 Å². The number of ether oxygens (including phenoxy) is 1. The maximum absolute atomic E-state index is 14.1. The SMILES string of the molecule is CN1CCN(c2ccc(NC(=O)Nc3cccc(C#Cc4cnc(N)nc4-c4cc5c(n4C)CCN(C(=O)OC(C)(C)C)C5=O)c3)cc2C(F)(F)F)CC1. The van der Waals surface area contributed by atoms with Crippen LogP contribution >= 0.6 is 0 Å². The number of nitrogens with zero attached hydrogens (tertiary/aromatic N) is 6. The van der Waals surface area contributed by atoms with E-state index in [9.17, 15) is 27.6 Å². The largest absolute Gasteiger partial charge is 0.443 e. The fourth-order valence-corrected chi connectivity index (χ4v) is 6.27. The third kappa shape index (κ3) is 8.42. The van der Waals surface area contributed by atoms with Crippen LogP contribution in [-0.4, -0.2) is 87.7 Å². The minimum Gasteiger partial charge on any atom is -0.443 e. The fraction of sp³-hybridized carbons (Fsp3) is 0.342. The third-order valence-electron chi connectivity index (χ3n) is 8.94. The van der Waals surface area contributed by atoms with Crippen LogP contribution in [0.1, 0.15) is 53.5 Å². The monoisotopic (exact) mass is 743 g/mol. The van der Waals surface area contributed by atoms with Crippen molar-refractivity contribution >= 4 is 41.0 Å². The fourth-order valence-electron chi connectivity index (χ4n) is 6.27. The number of imide groups is 1. The van der Waals surface area contributed by atoms with Gasteiger partial charge < -0.3 is 35.5 Å². The highest BCUT2D eigenvalue weighted by Crippen LogP contribution is 2.39. The Balaban J connectivity index is 1.19. The number of alkyl halides is 3. The zero-order valence-corrected chi connectivity index (χ0v) is 30.5. The van der Waals surface area contributed by atoms with Gasteiger partial charge in [-0.2, -0.15) is 13.2 Å². The maximum Gasteiger partial charge on any atom is 0.418 e. The quantitative estimate of drug-likeness (QED) is 0.220. The number of likely N-dealkylation sites (N-methyl/N-ethyl adjacent to an activating group) is 1. The van der Waals surface area contributed by atoms with Crippen LogP contribution in [0.5, 0.6) is 0 Å². The lowest BCUT2D eigenvalue weighted by Crippen LogP contribution is -2.45. The van der Waals surface area contributed by atoms with Crippen molar-refractivity contribution in [1.29, 1.82) is 0 Å². The zero-order valence-electron chi connectivity index (χ0n) is 30.5. The number of carbonyl (C=O) groups is 3. The lowest BCUT2D eigenvalue weighted by molar-refractivity contribution is -0.137. The molecule has 13 nitrogen and oxygen atoms in total. The van der Waals surface area contributed by atoms with Crippen LogP contribution < -0.4 is 21.3 Å². The summed E-state index contributed by atoms with van der Waals surface area (Å²) in [7, 11) is 3.71. The molecule has 0 bridgehead atoms. The molecule has 4 aromatic rings. The Kier molecular flexibility index (Phi) is 10.3. The van der Waals surface area contributed by atoms with Gasteiger partial charge in [-0.05, 0) is 70.3 Å². The molecule has 6 rings (SSSR count). The van der Waals surface area contributed by atoms with E-state index in [0.29, 0.717) is 72.1 Å². The van der Waals surface area contributed by atoms with Crippen molar-refractivity contribution < 1.29 is 32.3 Å². The summed E-state index contributed by atoms with van der Waals surface area (Å²) in [6, 6.07) is 11.3. The number of aromatic nitrogens is 3. The van der Waals surface area contributed by atoms with E-state index in [1.54, 1.807) is 63.1 Å². The van der Waals surface area contributed by atoms with Crippen molar-refractivity contribution in [2.24, 2.45) is 7.05 Å². The first kappa shape index (κ1) is 37.7. The zero-order chi connectivity index (χ0) is 38.9. The molecule has 2 aliphatic heterocycles. The number of anilines is 4. The number of rotatable bonds is 4. The van der Waals surface area contributed by atoms with Gasteiger partial charge in [-0.1, -0.05) is 17.9 Å². The molecule has 0 unspecified atom stereocenters. The average Bonchev–Trinajstić information content (AvgIpc) is 3.43. The van der Waals surface area contributed by atoms with Gasteiger partial charge in [0.05, 0.1) is 22.4 Å². The number of hydrogen-bond donors (Lipinski definition) is 3. The molecule has 54 heavy (non-hydrogen) atoms. The number of nitrogen functional groups attached to an aromatic ring is 1. The summed E-state index contributed by atoms with van der Waals surface area (Å²) in [6.45, 7) is 7.55. The molecule has 4 amide bonds. The number of fused-ring (bicyclic) bond motifs is 1. The van der Waals surface area contributed by atoms with Gasteiger partial charge in [-0.3, -0.25) is 4.79 Å². The average molecular weight is 744 g/mol. The molecule has 4 N–H and O–H groups in total. The second kappa shape index (κ2) is 14.7. The number of nitrogens with two attached hydrogens (primary N) is 1. The van der Waals surface area contributed by atoms with Crippen LogP contribution in [0.25, 0.3) is 11.4 Å². The van der Waals surface area contributed by atoms with Crippen LogP contribution in [0.3, 0.4) is 0 Å². The third-order valence-corrected chi connectivity index (χ3v) is 8.94. The molecule has 2 aliphatic rings. The Morgan fingerprint density at radius 1 is 0.926 bits per heavy atom. The van der Waals surface area contributed by atoms with Crippen molar-refractivity contribution in [3.8, 4) is 23.2 Å². The van der Waals surface area contributed by atoms with Crippen LogP contribution in [0, 0.1) is 11.8 Å². The van der Waals surface area contributed by atoms with Gasteiger partial charge in [0.1, 0.15) is 11.3 Å². The molecule has 2 aromatic carbocycles. The van der Waals surface area contributed by atoms with Crippen molar-refractivity contribution in [3.05, 3.63) is 82.7 Å². The van der Waals surface area contributed by atoms with Gasteiger partial charge in [0.25, 0.3) is 5.91 Å². The van der Waals surface area contributed by atoms with E-state index in [2.05, 4.69) is 37.3 Å². The highest BCUT2D eigenvalue weighted by Gasteiger charge is 2.37. The molecule has 1 fully saturated rings. The van der Waals surface area contributed by atoms with Gasteiger partial charge in [-0.15, -0.1) is 0 Å². The highest BCUT2D eigenvalue weighted by molar-refractivity contribution is 6.05. The number of amides is 4. The molecular weight excluding hydrogens is 703 g/mol. The van der Waals surface area contributed by atoms with Gasteiger partial charge in [0, 0.05) is 80.7 Å².